The zero-order valence-corrected chi connectivity index (χ0v) is 8.79. The van der Waals surface area contributed by atoms with Crippen LogP contribution >= 0.6 is 10.7 Å². The van der Waals surface area contributed by atoms with Crippen molar-refractivity contribution in [2.24, 2.45) is 5.29 Å². The van der Waals surface area contributed by atoms with Gasteiger partial charge in [0.2, 0.25) is 0 Å². The van der Waals surface area contributed by atoms with E-state index in [9.17, 15) is 13.3 Å². The van der Waals surface area contributed by atoms with E-state index in [-0.39, 0.29) is 4.90 Å². The van der Waals surface area contributed by atoms with E-state index in [1.807, 2.05) is 0 Å². The second kappa shape index (κ2) is 3.93. The van der Waals surface area contributed by atoms with E-state index in [0.717, 1.165) is 5.01 Å². The molecule has 0 fully saturated rings. The number of hydrogen-bond donors (Lipinski definition) is 0. The topological polar surface area (TPSA) is 66.8 Å². The number of halogens is 1. The Morgan fingerprint density at radius 3 is 2.14 bits per heavy atom. The molecule has 0 atom stereocenters. The van der Waals surface area contributed by atoms with Gasteiger partial charge in [-0.15, -0.1) is 4.91 Å². The second-order valence-corrected chi connectivity index (χ2v) is 5.10. The van der Waals surface area contributed by atoms with Crippen molar-refractivity contribution in [3.05, 3.63) is 29.2 Å². The van der Waals surface area contributed by atoms with Crippen LogP contribution in [0.25, 0.3) is 0 Å². The first kappa shape index (κ1) is 10.9. The summed E-state index contributed by atoms with van der Waals surface area (Å²) in [6.07, 6.45) is 0. The number of benzene rings is 1. The van der Waals surface area contributed by atoms with Crippen LogP contribution in [-0.2, 0) is 9.05 Å². The molecule has 1 aromatic rings. The van der Waals surface area contributed by atoms with Gasteiger partial charge in [-0.3, -0.25) is 0 Å². The predicted octanol–water partition coefficient (Wildman–Crippen LogP) is 1.73. The van der Waals surface area contributed by atoms with E-state index in [4.69, 9.17) is 10.7 Å². The van der Waals surface area contributed by atoms with Gasteiger partial charge in [0.1, 0.15) is 0 Å². The normalized spacial score (nSPS) is 11.0. The highest BCUT2D eigenvalue weighted by atomic mass is 35.7. The molecule has 0 spiro atoms. The van der Waals surface area contributed by atoms with Gasteiger partial charge in [0, 0.05) is 17.7 Å². The maximum atomic E-state index is 10.9. The third-order valence-electron chi connectivity index (χ3n) is 1.61. The molecule has 5 nitrogen and oxygen atoms in total. The lowest BCUT2D eigenvalue weighted by atomic mass is 10.3. The number of nitroso groups, excluding NO2 is 1. The molecule has 0 N–H and O–H groups in total. The second-order valence-electron chi connectivity index (χ2n) is 2.54. The monoisotopic (exact) mass is 234 g/mol. The number of rotatable bonds is 3. The van der Waals surface area contributed by atoms with Gasteiger partial charge in [-0.1, -0.05) is 0 Å². The summed E-state index contributed by atoms with van der Waals surface area (Å²) in [6, 6.07) is 5.49. The molecule has 0 aliphatic rings. The molecule has 0 unspecified atom stereocenters. The van der Waals surface area contributed by atoms with Crippen molar-refractivity contribution in [1.82, 2.24) is 0 Å². The molecule has 0 saturated heterocycles. The molecular weight excluding hydrogens is 228 g/mol. The highest BCUT2D eigenvalue weighted by molar-refractivity contribution is 8.13. The van der Waals surface area contributed by atoms with E-state index in [2.05, 4.69) is 5.29 Å². The standard InChI is InChI=1S/C7H7ClN2O3S/c1-10(9-11)6-2-4-7(5-3-6)14(8,12)13/h2-5H,1H3. The van der Waals surface area contributed by atoms with Gasteiger partial charge in [0.15, 0.2) is 0 Å². The SMILES string of the molecule is CN(N=O)c1ccc(S(=O)(=O)Cl)cc1. The van der Waals surface area contributed by atoms with Crippen molar-refractivity contribution in [3.8, 4) is 0 Å². The first-order chi connectivity index (χ1) is 6.45. The number of anilines is 1. The first-order valence-corrected chi connectivity index (χ1v) is 5.88. The van der Waals surface area contributed by atoms with E-state index in [0.29, 0.717) is 5.69 Å². The molecule has 14 heavy (non-hydrogen) atoms. The van der Waals surface area contributed by atoms with Crippen molar-refractivity contribution >= 4 is 25.4 Å². The molecule has 0 aromatic heterocycles. The minimum atomic E-state index is -3.71. The Balaban J connectivity index is 3.07. The van der Waals surface area contributed by atoms with Crippen LogP contribution in [0, 0.1) is 4.91 Å². The van der Waals surface area contributed by atoms with E-state index >= 15 is 0 Å². The zero-order valence-electron chi connectivity index (χ0n) is 7.21. The average molecular weight is 235 g/mol. The fraction of sp³-hybridized carbons (Fsp3) is 0.143. The summed E-state index contributed by atoms with van der Waals surface area (Å²) in [6.45, 7) is 0. The highest BCUT2D eigenvalue weighted by Crippen LogP contribution is 2.19. The molecule has 0 bridgehead atoms. The Hall–Kier alpha value is -1.14. The first-order valence-electron chi connectivity index (χ1n) is 3.57. The summed E-state index contributed by atoms with van der Waals surface area (Å²) >= 11 is 0. The molecule has 0 heterocycles. The molecule has 0 saturated carbocycles. The molecule has 76 valence electrons. The summed E-state index contributed by atoms with van der Waals surface area (Å²) in [5.74, 6) is 0. The van der Waals surface area contributed by atoms with Gasteiger partial charge in [-0.05, 0) is 24.3 Å². The van der Waals surface area contributed by atoms with Gasteiger partial charge < -0.3 is 0 Å². The third-order valence-corrected chi connectivity index (χ3v) is 2.98. The average Bonchev–Trinajstić information content (AvgIpc) is 2.15. The Bertz CT molecular complexity index is 429. The fourth-order valence-electron chi connectivity index (χ4n) is 0.872. The van der Waals surface area contributed by atoms with Crippen molar-refractivity contribution in [1.29, 1.82) is 0 Å². The Morgan fingerprint density at radius 2 is 1.79 bits per heavy atom. The zero-order chi connectivity index (χ0) is 10.8. The molecule has 0 aliphatic carbocycles. The molecule has 0 radical (unpaired) electrons. The number of nitrogens with zero attached hydrogens (tertiary/aromatic N) is 2. The maximum Gasteiger partial charge on any atom is 0.261 e. The van der Waals surface area contributed by atoms with Crippen LogP contribution in [0.1, 0.15) is 0 Å². The van der Waals surface area contributed by atoms with E-state index in [1.54, 1.807) is 0 Å². The molecule has 1 aromatic carbocycles. The smallest absolute Gasteiger partial charge is 0.232 e. The Morgan fingerprint density at radius 1 is 1.29 bits per heavy atom. The largest absolute Gasteiger partial charge is 0.261 e. The summed E-state index contributed by atoms with van der Waals surface area (Å²) in [4.78, 5) is 10.1. The van der Waals surface area contributed by atoms with Crippen LogP contribution in [0.15, 0.2) is 34.4 Å². The van der Waals surface area contributed by atoms with Crippen LogP contribution in [0.4, 0.5) is 5.69 Å². The quantitative estimate of drug-likeness (QED) is 0.454. The van der Waals surface area contributed by atoms with Gasteiger partial charge in [0.25, 0.3) is 9.05 Å². The summed E-state index contributed by atoms with van der Waals surface area (Å²) in [5, 5.41) is 3.73. The van der Waals surface area contributed by atoms with Gasteiger partial charge >= 0.3 is 0 Å². The van der Waals surface area contributed by atoms with Crippen LogP contribution in [0.2, 0.25) is 0 Å². The van der Waals surface area contributed by atoms with Crippen molar-refractivity contribution in [2.45, 2.75) is 4.90 Å². The lowest BCUT2D eigenvalue weighted by Gasteiger charge is -2.07. The third kappa shape index (κ3) is 2.43. The molecule has 0 aliphatic heterocycles. The van der Waals surface area contributed by atoms with Gasteiger partial charge in [-0.25, -0.2) is 13.4 Å². The van der Waals surface area contributed by atoms with Crippen LogP contribution in [0.5, 0.6) is 0 Å². The Labute approximate surface area is 85.7 Å². The summed E-state index contributed by atoms with van der Waals surface area (Å²) in [7, 11) is 2.85. The van der Waals surface area contributed by atoms with Crippen molar-refractivity contribution in [3.63, 3.8) is 0 Å². The van der Waals surface area contributed by atoms with Crippen LogP contribution in [-0.4, -0.2) is 15.5 Å². The number of hydrogen-bond acceptors (Lipinski definition) is 4. The van der Waals surface area contributed by atoms with Crippen molar-refractivity contribution < 1.29 is 8.42 Å². The van der Waals surface area contributed by atoms with E-state index in [1.165, 1.54) is 31.3 Å². The van der Waals surface area contributed by atoms with Crippen molar-refractivity contribution in [2.75, 3.05) is 12.1 Å². The Kier molecular flexibility index (Phi) is 3.07. The minimum absolute atomic E-state index is 0.0118. The summed E-state index contributed by atoms with van der Waals surface area (Å²) in [5.41, 5.74) is 0.490. The van der Waals surface area contributed by atoms with Crippen LogP contribution in [0.3, 0.4) is 0 Å². The fourth-order valence-corrected chi connectivity index (χ4v) is 1.64. The van der Waals surface area contributed by atoms with Gasteiger partial charge in [-0.2, -0.15) is 0 Å². The lowest BCUT2D eigenvalue weighted by molar-refractivity contribution is 0.609. The molecular formula is C7H7ClN2O3S. The van der Waals surface area contributed by atoms with Crippen LogP contribution < -0.4 is 5.01 Å². The predicted molar refractivity (Wildman–Crippen MR) is 53.7 cm³/mol. The molecule has 0 amide bonds. The van der Waals surface area contributed by atoms with Gasteiger partial charge in [0.05, 0.1) is 15.9 Å². The maximum absolute atomic E-state index is 10.9. The lowest BCUT2D eigenvalue weighted by Crippen LogP contribution is -2.06. The summed E-state index contributed by atoms with van der Waals surface area (Å²) < 4.78 is 21.7. The molecule has 7 heteroatoms. The minimum Gasteiger partial charge on any atom is -0.232 e. The highest BCUT2D eigenvalue weighted by Gasteiger charge is 2.09. The molecule has 1 rings (SSSR count). The van der Waals surface area contributed by atoms with E-state index < -0.39 is 9.05 Å².